The highest BCUT2D eigenvalue weighted by Gasteiger charge is 2.55. The molecule has 0 amide bonds. The van der Waals surface area contributed by atoms with Crippen LogP contribution in [0.25, 0.3) is 77.9 Å². The standard InChI is InChI=1S/C129H124N4O4/c1-7-11-15-19-35-47-127(137)129(126(136)46-34-18-14-10-4)122-90-102(97-58-78-113(79-59-97)131(105-38-26-21-27-39-105)109-70-50-93(6)51-71-109)66-86-118(122)119-87-67-103(91-123(119)129)99-62-82-115(83-63-99)133(107-42-30-23-31-43-107)111-74-54-95(55-75-111)94-52-72-110(73-53-94)132(106-40-28-22-29-41-106)114-80-60-98(61-81-114)101-65-85-117-116-84-64-100(96-56-76-112(77-57-96)130(104-36-24-20-25-37-104)108-68-48-92(5)49-69-108)88-120(116)128(121(117)89-101,124(134)44-32-16-12-8-2)125(135)45-33-17-13-9-3/h20-31,36-43,48-91H,7-19,32-35,44-47H2,1-6H3. The van der Waals surface area contributed by atoms with Crippen LogP contribution in [0, 0.1) is 13.8 Å². The summed E-state index contributed by atoms with van der Waals surface area (Å²) in [7, 11) is 0. The minimum Gasteiger partial charge on any atom is -0.311 e. The summed E-state index contributed by atoms with van der Waals surface area (Å²) in [6.07, 6.45) is 17.4. The van der Waals surface area contributed by atoms with Gasteiger partial charge in [0.1, 0.15) is 10.8 Å². The number of fused-ring (bicyclic) bond motifs is 6. The molecule has 16 aromatic carbocycles. The summed E-state index contributed by atoms with van der Waals surface area (Å²) in [6.45, 7) is 13.0. The van der Waals surface area contributed by atoms with Gasteiger partial charge in [0.15, 0.2) is 23.1 Å². The van der Waals surface area contributed by atoms with E-state index in [0.29, 0.717) is 25.7 Å². The van der Waals surface area contributed by atoms with Gasteiger partial charge in [0.05, 0.1) is 0 Å². The van der Waals surface area contributed by atoms with Gasteiger partial charge >= 0.3 is 0 Å². The van der Waals surface area contributed by atoms with Gasteiger partial charge in [-0.25, -0.2) is 0 Å². The molecule has 0 saturated carbocycles. The Labute approximate surface area is 811 Å². The van der Waals surface area contributed by atoms with Gasteiger partial charge < -0.3 is 19.6 Å². The molecule has 1 atom stereocenters. The summed E-state index contributed by atoms with van der Waals surface area (Å²) >= 11 is 0. The molecule has 684 valence electrons. The first-order valence-corrected chi connectivity index (χ1v) is 50.2. The summed E-state index contributed by atoms with van der Waals surface area (Å²) in [5.74, 6) is -0.0224. The van der Waals surface area contributed by atoms with E-state index in [0.717, 1.165) is 278 Å². The topological polar surface area (TPSA) is 81.2 Å². The Bertz CT molecular complexity index is 6780. The minimum atomic E-state index is -1.48. The van der Waals surface area contributed by atoms with Crippen molar-refractivity contribution in [3.8, 4) is 77.9 Å². The van der Waals surface area contributed by atoms with Gasteiger partial charge in [-0.3, -0.25) is 19.2 Å². The summed E-state index contributed by atoms with van der Waals surface area (Å²) < 4.78 is 0. The van der Waals surface area contributed by atoms with Crippen molar-refractivity contribution in [2.45, 2.75) is 187 Å². The van der Waals surface area contributed by atoms with Crippen LogP contribution in [-0.4, -0.2) is 23.1 Å². The van der Waals surface area contributed by atoms with E-state index >= 15 is 19.2 Å². The predicted molar refractivity (Wildman–Crippen MR) is 574 cm³/mol. The molecular formula is C129H124N4O4. The number of hydrogen-bond donors (Lipinski definition) is 0. The number of para-hydroxylation sites is 4. The highest BCUT2D eigenvalue weighted by Crippen LogP contribution is 2.57. The average molecular weight is 1790 g/mol. The number of anilines is 12. The van der Waals surface area contributed by atoms with E-state index in [1.165, 1.54) is 11.1 Å². The fourth-order valence-electron chi connectivity index (χ4n) is 21.0. The van der Waals surface area contributed by atoms with E-state index in [2.05, 4.69) is 437 Å². The smallest absolute Gasteiger partial charge is 0.155 e. The molecule has 18 rings (SSSR count). The van der Waals surface area contributed by atoms with Crippen molar-refractivity contribution in [2.24, 2.45) is 0 Å². The lowest BCUT2D eigenvalue weighted by molar-refractivity contribution is -0.135. The van der Waals surface area contributed by atoms with Crippen LogP contribution in [0.5, 0.6) is 0 Å². The second-order valence-corrected chi connectivity index (χ2v) is 37.5. The van der Waals surface area contributed by atoms with Gasteiger partial charge in [-0.2, -0.15) is 0 Å². The lowest BCUT2D eigenvalue weighted by Gasteiger charge is -2.30. The molecule has 0 fully saturated rings. The fraction of sp³-hybridized carbons (Fsp3) is 0.225. The molecule has 0 aromatic heterocycles. The molecule has 2 aliphatic rings. The van der Waals surface area contributed by atoms with Crippen molar-refractivity contribution in [3.05, 3.63) is 422 Å². The van der Waals surface area contributed by atoms with Crippen LogP contribution in [0.2, 0.25) is 0 Å². The molecule has 0 saturated heterocycles. The number of aryl methyl sites for hydroxylation is 2. The van der Waals surface area contributed by atoms with E-state index < -0.39 is 10.8 Å². The second-order valence-electron chi connectivity index (χ2n) is 37.5. The monoisotopic (exact) mass is 1790 g/mol. The van der Waals surface area contributed by atoms with E-state index in [-0.39, 0.29) is 23.1 Å². The summed E-state index contributed by atoms with van der Waals surface area (Å²) in [5.41, 5.74) is 28.7. The molecule has 0 heterocycles. The largest absolute Gasteiger partial charge is 0.311 e. The second kappa shape index (κ2) is 43.0. The zero-order chi connectivity index (χ0) is 94.2. The number of Topliss-reactive ketones (excluding diaryl/α,β-unsaturated/α-hetero) is 4. The normalized spacial score (nSPS) is 13.1. The van der Waals surface area contributed by atoms with Gasteiger partial charge in [0.2, 0.25) is 0 Å². The third kappa shape index (κ3) is 19.4. The van der Waals surface area contributed by atoms with Crippen LogP contribution >= 0.6 is 0 Å². The Morgan fingerprint density at radius 1 is 0.182 bits per heavy atom. The van der Waals surface area contributed by atoms with Gasteiger partial charge in [-0.05, 0) is 310 Å². The number of hydrogen-bond acceptors (Lipinski definition) is 8. The SMILES string of the molecule is CCCCCCCC(=O)C1(C(=O)CCCCCC)c2cc(-c3ccc(N(c4ccccc4)c4ccc(C)cc4)cc3)ccc2-c2ccc(-c3ccc(N(c4ccccc4)c4ccc(-c5ccc(N(c6ccccc6)c6ccc(-c7ccc8c(c7)C(C(=O)CCCCCC)(C(=O)CCCCCC)c7cc(-c9ccc(N(c%10ccccc%10)c%10ccc(C)cc%10)cc9)ccc7-8)cc6)cc5)cc4)cc3)cc21. The maximum absolute atomic E-state index is 16.0. The number of rotatable bonds is 42. The van der Waals surface area contributed by atoms with Crippen molar-refractivity contribution < 1.29 is 19.2 Å². The lowest BCUT2D eigenvalue weighted by atomic mass is 9.68. The first-order valence-electron chi connectivity index (χ1n) is 50.2. The third-order valence-electron chi connectivity index (χ3n) is 28.3. The Kier molecular flexibility index (Phi) is 29.1. The third-order valence-corrected chi connectivity index (χ3v) is 28.3. The van der Waals surface area contributed by atoms with Crippen molar-refractivity contribution in [1.29, 1.82) is 0 Å². The Balaban J connectivity index is 0.626. The summed E-state index contributed by atoms with van der Waals surface area (Å²) in [5, 5.41) is 0. The number of carbonyl (C=O) groups excluding carboxylic acids is 4. The van der Waals surface area contributed by atoms with Crippen LogP contribution in [-0.2, 0) is 30.0 Å². The number of ketones is 4. The summed E-state index contributed by atoms with van der Waals surface area (Å²) in [4.78, 5) is 73.0. The Morgan fingerprint density at radius 3 is 0.540 bits per heavy atom. The molecule has 0 N–H and O–H groups in total. The van der Waals surface area contributed by atoms with Crippen LogP contribution in [0.1, 0.15) is 196 Å². The Morgan fingerprint density at radius 2 is 0.343 bits per heavy atom. The number of unbranched alkanes of at least 4 members (excludes halogenated alkanes) is 13. The van der Waals surface area contributed by atoms with Crippen LogP contribution < -0.4 is 19.6 Å². The highest BCUT2D eigenvalue weighted by molar-refractivity contribution is 6.22. The zero-order valence-electron chi connectivity index (χ0n) is 80.2. The summed E-state index contributed by atoms with van der Waals surface area (Å²) in [6, 6.07) is 138. The maximum Gasteiger partial charge on any atom is 0.155 e. The van der Waals surface area contributed by atoms with Crippen LogP contribution in [0.15, 0.2) is 388 Å². The highest BCUT2D eigenvalue weighted by atomic mass is 16.2. The Hall–Kier alpha value is -14.6. The van der Waals surface area contributed by atoms with Crippen molar-refractivity contribution in [3.63, 3.8) is 0 Å². The average Bonchev–Trinajstić information content (AvgIpc) is 1.54. The van der Waals surface area contributed by atoms with E-state index in [1.807, 2.05) is 12.1 Å². The van der Waals surface area contributed by atoms with Crippen LogP contribution in [0.3, 0.4) is 0 Å². The quantitative estimate of drug-likeness (QED) is 0.0277. The lowest BCUT2D eigenvalue weighted by Crippen LogP contribution is -2.43. The van der Waals surface area contributed by atoms with Crippen molar-refractivity contribution in [2.75, 3.05) is 19.6 Å². The fourth-order valence-corrected chi connectivity index (χ4v) is 21.0. The van der Waals surface area contributed by atoms with E-state index in [9.17, 15) is 0 Å². The van der Waals surface area contributed by atoms with Gasteiger partial charge in [0, 0.05) is 93.9 Å². The van der Waals surface area contributed by atoms with Gasteiger partial charge in [-0.1, -0.05) is 341 Å². The molecular weight excluding hydrogens is 1670 g/mol. The number of nitrogens with zero attached hydrogens (tertiary/aromatic N) is 4. The molecule has 8 nitrogen and oxygen atoms in total. The molecule has 0 bridgehead atoms. The maximum atomic E-state index is 16.0. The van der Waals surface area contributed by atoms with E-state index in [4.69, 9.17) is 0 Å². The van der Waals surface area contributed by atoms with Gasteiger partial charge in [0.25, 0.3) is 0 Å². The number of benzene rings is 16. The molecule has 0 spiro atoms. The zero-order valence-corrected chi connectivity index (χ0v) is 80.2. The minimum absolute atomic E-state index is 0.00265. The molecule has 137 heavy (non-hydrogen) atoms. The first-order chi connectivity index (χ1) is 67.3. The molecule has 2 aliphatic carbocycles. The molecule has 0 radical (unpaired) electrons. The van der Waals surface area contributed by atoms with Crippen molar-refractivity contribution >= 4 is 91.4 Å². The van der Waals surface area contributed by atoms with Crippen molar-refractivity contribution in [1.82, 2.24) is 0 Å². The molecule has 0 aliphatic heterocycles. The van der Waals surface area contributed by atoms with Gasteiger partial charge in [-0.15, -0.1) is 0 Å². The van der Waals surface area contributed by atoms with E-state index in [1.54, 1.807) is 0 Å². The molecule has 1 unspecified atom stereocenters. The molecule has 8 heteroatoms. The van der Waals surface area contributed by atoms with Crippen LogP contribution in [0.4, 0.5) is 68.2 Å². The molecule has 16 aromatic rings. The first kappa shape index (κ1) is 92.8. The predicted octanol–water partition coefficient (Wildman–Crippen LogP) is 35.6. The number of carbonyl (C=O) groups is 4.